The molecule has 0 bridgehead atoms. The molecule has 1 fully saturated rings. The van der Waals surface area contributed by atoms with Crippen LogP contribution in [-0.4, -0.2) is 11.1 Å². The standard InChI is InChI=1S/C13H15FO2/c1-7-8(5-4-6-9(7)14)10-11(12(15)16)13(10,2)3/h4-6,10-11H,1-3H3,(H,15,16). The molecule has 2 atom stereocenters. The SMILES string of the molecule is Cc1c(F)cccc1C1C(C(=O)O)C1(C)C. The molecule has 0 spiro atoms. The summed E-state index contributed by atoms with van der Waals surface area (Å²) in [6.07, 6.45) is 0. The van der Waals surface area contributed by atoms with Gasteiger partial charge in [-0.3, -0.25) is 4.79 Å². The number of halogens is 1. The minimum atomic E-state index is -0.793. The minimum absolute atomic E-state index is 0.0688. The van der Waals surface area contributed by atoms with Crippen molar-refractivity contribution in [3.8, 4) is 0 Å². The second-order valence-corrected chi connectivity index (χ2v) is 5.07. The van der Waals surface area contributed by atoms with Crippen LogP contribution in [0.2, 0.25) is 0 Å². The highest BCUT2D eigenvalue weighted by Gasteiger charge is 2.63. The molecule has 0 aromatic heterocycles. The first-order valence-corrected chi connectivity index (χ1v) is 5.35. The molecule has 2 nitrogen and oxygen atoms in total. The molecule has 1 aromatic carbocycles. The van der Waals surface area contributed by atoms with Crippen LogP contribution in [0.15, 0.2) is 18.2 Å². The van der Waals surface area contributed by atoms with Gasteiger partial charge >= 0.3 is 5.97 Å². The Kier molecular flexibility index (Phi) is 2.30. The van der Waals surface area contributed by atoms with Gasteiger partial charge < -0.3 is 5.11 Å². The molecule has 0 amide bonds. The van der Waals surface area contributed by atoms with Gasteiger partial charge in [0.15, 0.2) is 0 Å². The van der Waals surface area contributed by atoms with E-state index >= 15 is 0 Å². The van der Waals surface area contributed by atoms with Gasteiger partial charge in [-0.25, -0.2) is 4.39 Å². The van der Waals surface area contributed by atoms with Crippen molar-refractivity contribution in [1.29, 1.82) is 0 Å². The molecule has 1 aliphatic rings. The summed E-state index contributed by atoms with van der Waals surface area (Å²) in [7, 11) is 0. The summed E-state index contributed by atoms with van der Waals surface area (Å²) in [6.45, 7) is 5.54. The van der Waals surface area contributed by atoms with Crippen LogP contribution in [0.4, 0.5) is 4.39 Å². The molecular weight excluding hydrogens is 207 g/mol. The zero-order valence-electron chi connectivity index (χ0n) is 9.62. The maximum atomic E-state index is 13.4. The summed E-state index contributed by atoms with van der Waals surface area (Å²) >= 11 is 0. The Morgan fingerprint density at radius 2 is 2.06 bits per heavy atom. The molecule has 0 saturated heterocycles. The van der Waals surface area contributed by atoms with Crippen molar-refractivity contribution < 1.29 is 14.3 Å². The normalized spacial score (nSPS) is 26.5. The number of carboxylic acid groups (broad SMARTS) is 1. The smallest absolute Gasteiger partial charge is 0.307 e. The van der Waals surface area contributed by atoms with Crippen LogP contribution < -0.4 is 0 Å². The molecule has 0 radical (unpaired) electrons. The lowest BCUT2D eigenvalue weighted by Crippen LogP contribution is -2.03. The van der Waals surface area contributed by atoms with Gasteiger partial charge in [-0.1, -0.05) is 26.0 Å². The van der Waals surface area contributed by atoms with Crippen LogP contribution in [0.5, 0.6) is 0 Å². The maximum absolute atomic E-state index is 13.4. The van der Waals surface area contributed by atoms with E-state index in [0.717, 1.165) is 5.56 Å². The van der Waals surface area contributed by atoms with Crippen molar-refractivity contribution in [2.75, 3.05) is 0 Å². The highest BCUT2D eigenvalue weighted by molar-refractivity contribution is 5.77. The number of carboxylic acids is 1. The Bertz CT molecular complexity index is 451. The minimum Gasteiger partial charge on any atom is -0.481 e. The molecular formula is C13H15FO2. The van der Waals surface area contributed by atoms with Crippen LogP contribution in [0.3, 0.4) is 0 Å². The van der Waals surface area contributed by atoms with E-state index in [4.69, 9.17) is 5.11 Å². The van der Waals surface area contributed by atoms with Gasteiger partial charge in [-0.05, 0) is 29.5 Å². The Morgan fingerprint density at radius 3 is 2.56 bits per heavy atom. The lowest BCUT2D eigenvalue weighted by atomic mass is 9.98. The first-order chi connectivity index (χ1) is 7.37. The number of benzene rings is 1. The van der Waals surface area contributed by atoms with Gasteiger partial charge in [0.05, 0.1) is 5.92 Å². The molecule has 2 rings (SSSR count). The first kappa shape index (κ1) is 11.1. The van der Waals surface area contributed by atoms with Crippen molar-refractivity contribution in [2.45, 2.75) is 26.7 Å². The van der Waals surface area contributed by atoms with E-state index in [2.05, 4.69) is 0 Å². The summed E-state index contributed by atoms with van der Waals surface area (Å²) < 4.78 is 13.4. The van der Waals surface area contributed by atoms with E-state index in [1.54, 1.807) is 13.0 Å². The molecule has 1 N–H and O–H groups in total. The van der Waals surface area contributed by atoms with Crippen LogP contribution in [0.25, 0.3) is 0 Å². The predicted octanol–water partition coefficient (Wildman–Crippen LogP) is 2.96. The van der Waals surface area contributed by atoms with Gasteiger partial charge in [0, 0.05) is 5.92 Å². The van der Waals surface area contributed by atoms with Gasteiger partial charge in [0.25, 0.3) is 0 Å². The van der Waals surface area contributed by atoms with E-state index in [0.29, 0.717) is 5.56 Å². The maximum Gasteiger partial charge on any atom is 0.307 e. The van der Waals surface area contributed by atoms with Gasteiger partial charge in [-0.2, -0.15) is 0 Å². The fraction of sp³-hybridized carbons (Fsp3) is 0.462. The van der Waals surface area contributed by atoms with E-state index in [1.165, 1.54) is 6.07 Å². The van der Waals surface area contributed by atoms with E-state index < -0.39 is 11.9 Å². The monoisotopic (exact) mass is 222 g/mol. The highest BCUT2D eigenvalue weighted by atomic mass is 19.1. The number of rotatable bonds is 2. The Morgan fingerprint density at radius 1 is 1.44 bits per heavy atom. The summed E-state index contributed by atoms with van der Waals surface area (Å²) in [5.41, 5.74) is 1.13. The summed E-state index contributed by atoms with van der Waals surface area (Å²) in [5.74, 6) is -1.52. The van der Waals surface area contributed by atoms with E-state index in [-0.39, 0.29) is 17.2 Å². The second kappa shape index (κ2) is 3.30. The Hall–Kier alpha value is -1.38. The quantitative estimate of drug-likeness (QED) is 0.835. The zero-order chi connectivity index (χ0) is 12.1. The molecule has 3 heteroatoms. The summed E-state index contributed by atoms with van der Waals surface area (Å²) in [5, 5.41) is 9.09. The molecule has 1 saturated carbocycles. The van der Waals surface area contributed by atoms with Gasteiger partial charge in [-0.15, -0.1) is 0 Å². The molecule has 1 aliphatic carbocycles. The number of hydrogen-bond donors (Lipinski definition) is 1. The summed E-state index contributed by atoms with van der Waals surface area (Å²) in [4.78, 5) is 11.1. The fourth-order valence-electron chi connectivity index (χ4n) is 2.64. The fourth-order valence-corrected chi connectivity index (χ4v) is 2.64. The van der Waals surface area contributed by atoms with Crippen molar-refractivity contribution in [2.24, 2.45) is 11.3 Å². The number of carbonyl (C=O) groups is 1. The first-order valence-electron chi connectivity index (χ1n) is 5.35. The van der Waals surface area contributed by atoms with Crippen LogP contribution in [0, 0.1) is 24.1 Å². The molecule has 0 heterocycles. The lowest BCUT2D eigenvalue weighted by molar-refractivity contribution is -0.139. The zero-order valence-corrected chi connectivity index (χ0v) is 9.62. The highest BCUT2D eigenvalue weighted by Crippen LogP contribution is 2.64. The molecule has 16 heavy (non-hydrogen) atoms. The van der Waals surface area contributed by atoms with Gasteiger partial charge in [0.1, 0.15) is 5.82 Å². The van der Waals surface area contributed by atoms with Crippen molar-refractivity contribution in [3.63, 3.8) is 0 Å². The van der Waals surface area contributed by atoms with Gasteiger partial charge in [0.2, 0.25) is 0 Å². The summed E-state index contributed by atoms with van der Waals surface area (Å²) in [6, 6.07) is 4.88. The van der Waals surface area contributed by atoms with Crippen LogP contribution in [0.1, 0.15) is 30.9 Å². The number of aliphatic carboxylic acids is 1. The second-order valence-electron chi connectivity index (χ2n) is 5.07. The third-order valence-corrected chi connectivity index (χ3v) is 3.74. The number of hydrogen-bond acceptors (Lipinski definition) is 1. The third kappa shape index (κ3) is 1.42. The van der Waals surface area contributed by atoms with Crippen LogP contribution >= 0.6 is 0 Å². The van der Waals surface area contributed by atoms with Crippen LogP contribution in [-0.2, 0) is 4.79 Å². The van der Waals surface area contributed by atoms with Crippen molar-refractivity contribution in [1.82, 2.24) is 0 Å². The average Bonchev–Trinajstić information content (AvgIpc) is 2.74. The Labute approximate surface area is 94.1 Å². The van der Waals surface area contributed by atoms with E-state index in [1.807, 2.05) is 19.9 Å². The molecule has 86 valence electrons. The molecule has 1 aromatic rings. The molecule has 0 aliphatic heterocycles. The Balaban J connectivity index is 2.41. The predicted molar refractivity (Wildman–Crippen MR) is 58.8 cm³/mol. The lowest BCUT2D eigenvalue weighted by Gasteiger charge is -2.07. The average molecular weight is 222 g/mol. The molecule has 2 unspecified atom stereocenters. The van der Waals surface area contributed by atoms with Crippen molar-refractivity contribution in [3.05, 3.63) is 35.1 Å². The van der Waals surface area contributed by atoms with E-state index in [9.17, 15) is 9.18 Å². The largest absolute Gasteiger partial charge is 0.481 e. The van der Waals surface area contributed by atoms with Crippen molar-refractivity contribution >= 4 is 5.97 Å². The third-order valence-electron chi connectivity index (χ3n) is 3.74. The topological polar surface area (TPSA) is 37.3 Å².